The molecular formula is C24H26FN9O. The largest absolute Gasteiger partial charge is 0.325 e. The molecule has 11 heteroatoms. The number of nitrogens with one attached hydrogen (secondary N) is 1. The van der Waals surface area contributed by atoms with Crippen LogP contribution in [0.4, 0.5) is 21.8 Å². The van der Waals surface area contributed by atoms with Crippen LogP contribution in [0.25, 0.3) is 22.4 Å². The van der Waals surface area contributed by atoms with Gasteiger partial charge in [0.25, 0.3) is 0 Å². The maximum absolute atomic E-state index is 14.8. The highest BCUT2D eigenvalue weighted by molar-refractivity contribution is 5.97. The molecule has 0 aromatic carbocycles. The first-order chi connectivity index (χ1) is 16.8. The molecule has 5 rings (SSSR count). The Labute approximate surface area is 201 Å². The van der Waals surface area contributed by atoms with Crippen LogP contribution in [0.3, 0.4) is 0 Å². The number of rotatable bonds is 5. The van der Waals surface area contributed by atoms with Gasteiger partial charge in [0, 0.05) is 18.8 Å². The van der Waals surface area contributed by atoms with E-state index in [0.717, 1.165) is 12.2 Å². The molecule has 5 heterocycles. The van der Waals surface area contributed by atoms with Crippen LogP contribution in [0, 0.1) is 12.9 Å². The van der Waals surface area contributed by atoms with Crippen LogP contribution in [0.5, 0.6) is 0 Å². The van der Waals surface area contributed by atoms with Gasteiger partial charge in [0.15, 0.2) is 0 Å². The van der Waals surface area contributed by atoms with E-state index in [1.54, 1.807) is 41.6 Å². The second-order valence-corrected chi connectivity index (χ2v) is 8.82. The van der Waals surface area contributed by atoms with Gasteiger partial charge < -0.3 is 20.5 Å². The molecule has 180 valence electrons. The first-order valence-corrected chi connectivity index (χ1v) is 11.5. The third-order valence-corrected chi connectivity index (χ3v) is 6.03. The molecule has 0 saturated carbocycles. The lowest BCUT2D eigenvalue weighted by Gasteiger charge is -2.30. The number of nitrogens with two attached hydrogens (primary N) is 1. The molecule has 1 aliphatic rings. The van der Waals surface area contributed by atoms with Crippen molar-refractivity contribution in [2.45, 2.75) is 45.7 Å². The smallest absolute Gasteiger partial charge is 0.243 e. The van der Waals surface area contributed by atoms with Gasteiger partial charge in [0.2, 0.25) is 17.8 Å². The number of piperidine rings is 1. The number of anilines is 3. The van der Waals surface area contributed by atoms with Gasteiger partial charge in [0.1, 0.15) is 17.2 Å². The number of halogens is 1. The molecule has 4 aromatic rings. The summed E-state index contributed by atoms with van der Waals surface area (Å²) in [4.78, 5) is 35.5. The Kier molecular flexibility index (Phi) is 5.85. The Morgan fingerprint density at radius 1 is 1.14 bits per heavy atom. The van der Waals surface area contributed by atoms with Gasteiger partial charge in [-0.25, -0.2) is 24.9 Å². The third-order valence-electron chi connectivity index (χ3n) is 6.03. The number of pyridine rings is 2. The molecule has 1 fully saturated rings. The number of carbonyl (C=O) groups excluding carboxylic acids is 1. The number of imidazole rings is 1. The summed E-state index contributed by atoms with van der Waals surface area (Å²) in [6.07, 6.45) is 4.73. The van der Waals surface area contributed by atoms with E-state index in [1.807, 2.05) is 25.3 Å². The van der Waals surface area contributed by atoms with E-state index >= 15 is 0 Å². The van der Waals surface area contributed by atoms with Crippen molar-refractivity contribution in [1.82, 2.24) is 29.5 Å². The average Bonchev–Trinajstić information content (AvgIpc) is 3.18. The minimum atomic E-state index is -0.641. The molecule has 10 nitrogen and oxygen atoms in total. The predicted octanol–water partition coefficient (Wildman–Crippen LogP) is 3.51. The van der Waals surface area contributed by atoms with Crippen LogP contribution >= 0.6 is 0 Å². The van der Waals surface area contributed by atoms with Crippen molar-refractivity contribution in [1.29, 1.82) is 0 Å². The number of amides is 1. The maximum atomic E-state index is 14.8. The van der Waals surface area contributed by atoms with Crippen molar-refractivity contribution >= 4 is 34.4 Å². The topological polar surface area (TPSA) is 128 Å². The molecule has 1 unspecified atom stereocenters. The van der Waals surface area contributed by atoms with Crippen molar-refractivity contribution in [2.24, 2.45) is 5.73 Å². The van der Waals surface area contributed by atoms with Crippen molar-refractivity contribution in [2.75, 3.05) is 16.8 Å². The van der Waals surface area contributed by atoms with Crippen LogP contribution in [-0.4, -0.2) is 48.0 Å². The average molecular weight is 476 g/mol. The standard InChI is InChI=1S/C24H26FN9O/c1-13(2)34-14(3)29-21-19(34)11-18(30-22(21)25)17-8-9-27-24(31-17)32-20-7-6-15(12-28-20)33-10-4-5-16(26)23(33)35/h6-9,11-13,16H,4-5,10,26H2,1-3H3,(H,27,28,31,32). The fraction of sp³-hybridized carbons (Fsp3) is 0.333. The summed E-state index contributed by atoms with van der Waals surface area (Å²) in [6.45, 7) is 6.51. The van der Waals surface area contributed by atoms with E-state index < -0.39 is 12.0 Å². The number of aromatic nitrogens is 6. The Morgan fingerprint density at radius 2 is 1.97 bits per heavy atom. The summed E-state index contributed by atoms with van der Waals surface area (Å²) < 4.78 is 16.8. The SMILES string of the molecule is Cc1nc2c(F)nc(-c3ccnc(Nc4ccc(N5CCCC(N)C5=O)cn4)n3)cc2n1C(C)C. The Hall–Kier alpha value is -3.99. The van der Waals surface area contributed by atoms with Gasteiger partial charge >= 0.3 is 0 Å². The predicted molar refractivity (Wildman–Crippen MR) is 131 cm³/mol. The molecule has 1 atom stereocenters. The van der Waals surface area contributed by atoms with Crippen molar-refractivity contribution in [3.8, 4) is 11.4 Å². The summed E-state index contributed by atoms with van der Waals surface area (Å²) in [7, 11) is 0. The van der Waals surface area contributed by atoms with Crippen LogP contribution in [0.2, 0.25) is 0 Å². The summed E-state index contributed by atoms with van der Waals surface area (Å²) in [6, 6.07) is 6.64. The minimum Gasteiger partial charge on any atom is -0.325 e. The van der Waals surface area contributed by atoms with Gasteiger partial charge in [-0.3, -0.25) is 4.79 Å². The molecule has 0 bridgehead atoms. The van der Waals surface area contributed by atoms with E-state index in [9.17, 15) is 9.18 Å². The van der Waals surface area contributed by atoms with E-state index in [2.05, 4.69) is 30.2 Å². The second-order valence-electron chi connectivity index (χ2n) is 8.82. The zero-order valence-electron chi connectivity index (χ0n) is 19.7. The monoisotopic (exact) mass is 475 g/mol. The highest BCUT2D eigenvalue weighted by Crippen LogP contribution is 2.27. The Balaban J connectivity index is 1.40. The zero-order valence-corrected chi connectivity index (χ0v) is 19.7. The molecule has 1 saturated heterocycles. The number of carbonyl (C=O) groups is 1. The number of aryl methyl sites for hydroxylation is 1. The van der Waals surface area contributed by atoms with Crippen LogP contribution in [-0.2, 0) is 4.79 Å². The first-order valence-electron chi connectivity index (χ1n) is 11.5. The maximum Gasteiger partial charge on any atom is 0.243 e. The Morgan fingerprint density at radius 3 is 2.71 bits per heavy atom. The highest BCUT2D eigenvalue weighted by Gasteiger charge is 2.26. The summed E-state index contributed by atoms with van der Waals surface area (Å²) in [5, 5.41) is 3.05. The van der Waals surface area contributed by atoms with E-state index in [0.29, 0.717) is 41.4 Å². The quantitative estimate of drug-likeness (QED) is 0.420. The molecule has 3 N–H and O–H groups in total. The van der Waals surface area contributed by atoms with Crippen molar-refractivity contribution < 1.29 is 9.18 Å². The summed E-state index contributed by atoms with van der Waals surface area (Å²) in [5.74, 6) is 0.774. The van der Waals surface area contributed by atoms with Gasteiger partial charge in [-0.05, 0) is 57.9 Å². The first kappa shape index (κ1) is 22.8. The second kappa shape index (κ2) is 8.99. The third kappa shape index (κ3) is 4.30. The van der Waals surface area contributed by atoms with Crippen molar-refractivity contribution in [3.63, 3.8) is 0 Å². The molecule has 35 heavy (non-hydrogen) atoms. The fourth-order valence-electron chi connectivity index (χ4n) is 4.41. The molecule has 4 aromatic heterocycles. The van der Waals surface area contributed by atoms with E-state index in [1.165, 1.54) is 0 Å². The number of hydrogen-bond donors (Lipinski definition) is 2. The lowest BCUT2D eigenvalue weighted by atomic mass is 10.1. The molecule has 0 aliphatic carbocycles. The molecule has 0 radical (unpaired) electrons. The van der Waals surface area contributed by atoms with Crippen LogP contribution < -0.4 is 16.0 Å². The highest BCUT2D eigenvalue weighted by atomic mass is 19.1. The summed E-state index contributed by atoms with van der Waals surface area (Å²) >= 11 is 0. The van der Waals surface area contributed by atoms with Crippen LogP contribution in [0.15, 0.2) is 36.7 Å². The lowest BCUT2D eigenvalue weighted by molar-refractivity contribution is -0.120. The minimum absolute atomic E-state index is 0.0968. The number of fused-ring (bicyclic) bond motifs is 1. The Bertz CT molecular complexity index is 1400. The van der Waals surface area contributed by atoms with Crippen molar-refractivity contribution in [3.05, 3.63) is 48.4 Å². The lowest BCUT2D eigenvalue weighted by Crippen LogP contribution is -2.48. The molecule has 0 spiro atoms. The fourth-order valence-corrected chi connectivity index (χ4v) is 4.41. The molecular weight excluding hydrogens is 449 g/mol. The number of nitrogens with zero attached hydrogens (tertiary/aromatic N) is 7. The number of hydrogen-bond acceptors (Lipinski definition) is 8. The van der Waals surface area contributed by atoms with Gasteiger partial charge in [0.05, 0.1) is 34.8 Å². The molecule has 1 aliphatic heterocycles. The van der Waals surface area contributed by atoms with Gasteiger partial charge in [-0.15, -0.1) is 0 Å². The van der Waals surface area contributed by atoms with Gasteiger partial charge in [-0.2, -0.15) is 4.39 Å². The van der Waals surface area contributed by atoms with Crippen LogP contribution in [0.1, 0.15) is 38.6 Å². The molecule has 1 amide bonds. The normalized spacial score (nSPS) is 16.3. The van der Waals surface area contributed by atoms with E-state index in [4.69, 9.17) is 5.73 Å². The zero-order chi connectivity index (χ0) is 24.7. The summed E-state index contributed by atoms with van der Waals surface area (Å²) in [5.41, 5.74) is 8.33. The van der Waals surface area contributed by atoms with Gasteiger partial charge in [-0.1, -0.05) is 0 Å². The van der Waals surface area contributed by atoms with E-state index in [-0.39, 0.29) is 23.4 Å².